The van der Waals surface area contributed by atoms with E-state index >= 15 is 0 Å². The van der Waals surface area contributed by atoms with Gasteiger partial charge in [0.15, 0.2) is 0 Å². The van der Waals surface area contributed by atoms with Crippen LogP contribution >= 0.6 is 0 Å². The van der Waals surface area contributed by atoms with Crippen LogP contribution in [0, 0.1) is 5.41 Å². The monoisotopic (exact) mass is 322 g/mol. The summed E-state index contributed by atoms with van der Waals surface area (Å²) in [5.74, 6) is 0. The molecule has 0 aliphatic heterocycles. The minimum Gasteiger partial charge on any atom is -0.385 e. The molecule has 0 heterocycles. The van der Waals surface area contributed by atoms with Crippen LogP contribution in [0.5, 0.6) is 0 Å². The molecule has 0 bridgehead atoms. The zero-order chi connectivity index (χ0) is 16.2. The van der Waals surface area contributed by atoms with Crippen molar-refractivity contribution in [3.05, 3.63) is 12.7 Å². The Morgan fingerprint density at radius 2 is 1.71 bits per heavy atom. The first kappa shape index (κ1) is 20.6. The summed E-state index contributed by atoms with van der Waals surface area (Å²) in [4.78, 5) is 0. The molecule has 0 aromatic heterocycles. The Labute approximate surface area is 129 Å². The molecule has 0 aliphatic rings. The van der Waals surface area contributed by atoms with Gasteiger partial charge in [0.25, 0.3) is 0 Å². The summed E-state index contributed by atoms with van der Waals surface area (Å²) in [6.07, 6.45) is 9.97. The van der Waals surface area contributed by atoms with E-state index in [9.17, 15) is 8.42 Å². The first-order chi connectivity index (χ1) is 9.83. The molecule has 0 rings (SSSR count). The third kappa shape index (κ3) is 13.0. The number of methoxy groups -OCH3 is 1. The minimum atomic E-state index is -4.28. The number of hydrogen-bond acceptors (Lipinski definition) is 4. The maximum Gasteiger partial charge on any atom is 0.397 e. The number of ether oxygens (including phenoxy) is 1. The van der Waals surface area contributed by atoms with Crippen LogP contribution in [0.15, 0.2) is 12.7 Å². The molecule has 0 fully saturated rings. The molecule has 21 heavy (non-hydrogen) atoms. The molecular weight excluding hydrogens is 292 g/mol. The van der Waals surface area contributed by atoms with E-state index in [-0.39, 0.29) is 12.0 Å². The van der Waals surface area contributed by atoms with Crippen LogP contribution in [0.4, 0.5) is 0 Å². The fourth-order valence-electron chi connectivity index (χ4n) is 2.49. The van der Waals surface area contributed by atoms with Crippen molar-refractivity contribution < 1.29 is 21.9 Å². The lowest BCUT2D eigenvalue weighted by atomic mass is 9.77. The van der Waals surface area contributed by atoms with Crippen molar-refractivity contribution in [1.82, 2.24) is 0 Å². The van der Waals surface area contributed by atoms with Crippen LogP contribution in [0.2, 0.25) is 0 Å². The van der Waals surface area contributed by atoms with Crippen molar-refractivity contribution >= 4 is 10.4 Å². The Balaban J connectivity index is 3.80. The Morgan fingerprint density at radius 3 is 2.29 bits per heavy atom. The van der Waals surface area contributed by atoms with Crippen LogP contribution < -0.4 is 0 Å². The van der Waals surface area contributed by atoms with Crippen LogP contribution in [0.25, 0.3) is 0 Å². The Hall–Kier alpha value is -0.430. The number of allylic oxidation sites excluding steroid dienone is 1. The predicted octanol–water partition coefficient (Wildman–Crippen LogP) is 3.77. The highest BCUT2D eigenvalue weighted by molar-refractivity contribution is 7.80. The van der Waals surface area contributed by atoms with Gasteiger partial charge in [-0.3, -0.25) is 4.55 Å². The maximum atomic E-state index is 10.4. The summed E-state index contributed by atoms with van der Waals surface area (Å²) in [7, 11) is -2.56. The average Bonchev–Trinajstić information content (AvgIpc) is 2.37. The summed E-state index contributed by atoms with van der Waals surface area (Å²) in [6.45, 7) is 6.96. The third-order valence-electron chi connectivity index (χ3n) is 3.67. The fraction of sp³-hybridized carbons (Fsp3) is 0.867. The van der Waals surface area contributed by atoms with Crippen LogP contribution in [-0.4, -0.2) is 33.3 Å². The van der Waals surface area contributed by atoms with Gasteiger partial charge in [0.1, 0.15) is 0 Å². The standard InChI is InChI=1S/C15H30O5S/c1-4-10-15(2,12-9-13-19-3)11-7-5-6-8-14-20-21(16,17)18/h4H,1,5-14H2,2-3H3,(H,16,17,18). The van der Waals surface area contributed by atoms with Crippen molar-refractivity contribution in [2.45, 2.75) is 58.3 Å². The minimum absolute atomic E-state index is 0.0522. The predicted molar refractivity (Wildman–Crippen MR) is 84.6 cm³/mol. The molecule has 6 heteroatoms. The zero-order valence-electron chi connectivity index (χ0n) is 13.3. The van der Waals surface area contributed by atoms with Gasteiger partial charge in [0.2, 0.25) is 0 Å². The van der Waals surface area contributed by atoms with Crippen LogP contribution in [0.1, 0.15) is 58.3 Å². The topological polar surface area (TPSA) is 72.8 Å². The molecule has 0 aliphatic carbocycles. The second kappa shape index (κ2) is 11.2. The summed E-state index contributed by atoms with van der Waals surface area (Å²) in [5, 5.41) is 0. The molecule has 1 N–H and O–H groups in total. The fourth-order valence-corrected chi connectivity index (χ4v) is 2.82. The molecule has 0 radical (unpaired) electrons. The quantitative estimate of drug-likeness (QED) is 0.299. The van der Waals surface area contributed by atoms with E-state index in [2.05, 4.69) is 17.7 Å². The molecule has 0 aromatic rings. The Kier molecular flexibility index (Phi) is 11.0. The summed E-state index contributed by atoms with van der Waals surface area (Å²) in [6, 6.07) is 0. The maximum absolute atomic E-state index is 10.4. The van der Waals surface area contributed by atoms with Gasteiger partial charge in [-0.15, -0.1) is 6.58 Å². The van der Waals surface area contributed by atoms with Crippen LogP contribution in [-0.2, 0) is 19.3 Å². The smallest absolute Gasteiger partial charge is 0.385 e. The van der Waals surface area contributed by atoms with E-state index < -0.39 is 10.4 Å². The van der Waals surface area contributed by atoms with E-state index in [1.54, 1.807) is 7.11 Å². The normalized spacial score (nSPS) is 14.8. The van der Waals surface area contributed by atoms with Crippen molar-refractivity contribution in [3.63, 3.8) is 0 Å². The SMILES string of the molecule is C=CCC(C)(CCCCCCOS(=O)(=O)O)CCCOC. The van der Waals surface area contributed by atoms with Gasteiger partial charge in [0.05, 0.1) is 6.61 Å². The van der Waals surface area contributed by atoms with E-state index in [4.69, 9.17) is 9.29 Å². The van der Waals surface area contributed by atoms with Crippen molar-refractivity contribution in [2.75, 3.05) is 20.3 Å². The summed E-state index contributed by atoms with van der Waals surface area (Å²) >= 11 is 0. The number of rotatable bonds is 14. The van der Waals surface area contributed by atoms with Crippen molar-refractivity contribution in [1.29, 1.82) is 0 Å². The highest BCUT2D eigenvalue weighted by atomic mass is 32.3. The van der Waals surface area contributed by atoms with Crippen molar-refractivity contribution in [3.8, 4) is 0 Å². The van der Waals surface area contributed by atoms with Gasteiger partial charge in [-0.05, 0) is 37.5 Å². The third-order valence-corrected chi connectivity index (χ3v) is 4.14. The molecule has 0 spiro atoms. The number of hydrogen-bond donors (Lipinski definition) is 1. The molecule has 0 saturated heterocycles. The average molecular weight is 322 g/mol. The van der Waals surface area contributed by atoms with Gasteiger partial charge >= 0.3 is 10.4 Å². The van der Waals surface area contributed by atoms with Gasteiger partial charge in [-0.2, -0.15) is 8.42 Å². The van der Waals surface area contributed by atoms with E-state index in [0.717, 1.165) is 51.6 Å². The summed E-state index contributed by atoms with van der Waals surface area (Å²) in [5.41, 5.74) is 0.269. The zero-order valence-corrected chi connectivity index (χ0v) is 14.2. The Bertz CT molecular complexity index is 366. The molecule has 1 unspecified atom stereocenters. The van der Waals surface area contributed by atoms with Crippen molar-refractivity contribution in [2.24, 2.45) is 5.41 Å². The molecule has 0 saturated carbocycles. The lowest BCUT2D eigenvalue weighted by Gasteiger charge is -2.28. The van der Waals surface area contributed by atoms with E-state index in [0.29, 0.717) is 6.42 Å². The molecule has 0 amide bonds. The van der Waals surface area contributed by atoms with Gasteiger partial charge in [-0.1, -0.05) is 32.3 Å². The second-order valence-corrected chi connectivity index (χ2v) is 6.90. The molecule has 126 valence electrons. The second-order valence-electron chi connectivity index (χ2n) is 5.81. The van der Waals surface area contributed by atoms with Gasteiger partial charge in [-0.25, -0.2) is 4.18 Å². The summed E-state index contributed by atoms with van der Waals surface area (Å²) < 4.78 is 38.5. The first-order valence-corrected chi connectivity index (χ1v) is 8.91. The lowest BCUT2D eigenvalue weighted by molar-refractivity contribution is 0.165. The van der Waals surface area contributed by atoms with Gasteiger partial charge in [0, 0.05) is 13.7 Å². The van der Waals surface area contributed by atoms with Gasteiger partial charge < -0.3 is 4.74 Å². The highest BCUT2D eigenvalue weighted by Gasteiger charge is 2.21. The van der Waals surface area contributed by atoms with Crippen LogP contribution in [0.3, 0.4) is 0 Å². The highest BCUT2D eigenvalue weighted by Crippen LogP contribution is 2.34. The lowest BCUT2D eigenvalue weighted by Crippen LogP contribution is -2.16. The molecule has 5 nitrogen and oxygen atoms in total. The Morgan fingerprint density at radius 1 is 1.10 bits per heavy atom. The molecular formula is C15H30O5S. The van der Waals surface area contributed by atoms with E-state index in [1.165, 1.54) is 0 Å². The molecule has 0 aromatic carbocycles. The van der Waals surface area contributed by atoms with E-state index in [1.807, 2.05) is 6.08 Å². The number of unbranched alkanes of at least 4 members (excludes halogenated alkanes) is 3. The largest absolute Gasteiger partial charge is 0.397 e. The molecule has 1 atom stereocenters. The first-order valence-electron chi connectivity index (χ1n) is 7.55.